The molecule has 1 aromatic heterocycles. The van der Waals surface area contributed by atoms with Crippen LogP contribution in [0.25, 0.3) is 0 Å². The molecule has 25 heavy (non-hydrogen) atoms. The van der Waals surface area contributed by atoms with Crippen molar-refractivity contribution in [3.63, 3.8) is 0 Å². The fraction of sp³-hybridized carbons (Fsp3) is 0.333. The van der Waals surface area contributed by atoms with E-state index in [1.54, 1.807) is 24.4 Å². The van der Waals surface area contributed by atoms with Crippen LogP contribution in [-0.2, 0) is 0 Å². The SMILES string of the molecule is Nc1ncc(C#Cc2ccc(Cl)c(Cl)c2)c(NC2CCC(O)CC2)n1. The number of aliphatic hydroxyl groups excluding tert-OH is 1. The molecule has 1 aliphatic carbocycles. The van der Waals surface area contributed by atoms with Gasteiger partial charge in [-0.3, -0.25) is 0 Å². The summed E-state index contributed by atoms with van der Waals surface area (Å²) in [6.07, 6.45) is 4.72. The van der Waals surface area contributed by atoms with Crippen LogP contribution in [0, 0.1) is 11.8 Å². The number of nitrogens with one attached hydrogen (secondary N) is 1. The zero-order valence-corrected chi connectivity index (χ0v) is 15.0. The first kappa shape index (κ1) is 17.8. The van der Waals surface area contributed by atoms with Gasteiger partial charge in [0.05, 0.1) is 27.9 Å². The maximum atomic E-state index is 9.63. The number of nitrogens with zero attached hydrogens (tertiary/aromatic N) is 2. The summed E-state index contributed by atoms with van der Waals surface area (Å²) in [5.74, 6) is 6.90. The second kappa shape index (κ2) is 7.92. The molecule has 3 rings (SSSR count). The highest BCUT2D eigenvalue weighted by atomic mass is 35.5. The Morgan fingerprint density at radius 3 is 2.60 bits per heavy atom. The highest BCUT2D eigenvalue weighted by Crippen LogP contribution is 2.24. The third kappa shape index (κ3) is 4.76. The quantitative estimate of drug-likeness (QED) is 0.698. The van der Waals surface area contributed by atoms with Gasteiger partial charge in [0.25, 0.3) is 0 Å². The molecule has 2 aromatic rings. The Labute approximate surface area is 156 Å². The van der Waals surface area contributed by atoms with E-state index in [0.717, 1.165) is 31.2 Å². The maximum absolute atomic E-state index is 9.63. The van der Waals surface area contributed by atoms with Crippen molar-refractivity contribution in [2.24, 2.45) is 0 Å². The molecule has 0 amide bonds. The van der Waals surface area contributed by atoms with Gasteiger partial charge in [0, 0.05) is 11.6 Å². The number of rotatable bonds is 2. The molecule has 0 atom stereocenters. The Balaban J connectivity index is 1.82. The monoisotopic (exact) mass is 376 g/mol. The topological polar surface area (TPSA) is 84.1 Å². The minimum Gasteiger partial charge on any atom is -0.393 e. The molecular weight excluding hydrogens is 359 g/mol. The number of anilines is 2. The summed E-state index contributed by atoms with van der Waals surface area (Å²) in [6.45, 7) is 0. The Hall–Kier alpha value is -2.00. The van der Waals surface area contributed by atoms with Crippen LogP contribution in [0.2, 0.25) is 10.0 Å². The van der Waals surface area contributed by atoms with Gasteiger partial charge in [-0.1, -0.05) is 35.0 Å². The van der Waals surface area contributed by atoms with E-state index in [1.807, 2.05) is 0 Å². The Bertz CT molecular complexity index is 824. The van der Waals surface area contributed by atoms with Gasteiger partial charge in [-0.25, -0.2) is 4.98 Å². The van der Waals surface area contributed by atoms with E-state index in [9.17, 15) is 5.11 Å². The lowest BCUT2D eigenvalue weighted by molar-refractivity contribution is 0.126. The van der Waals surface area contributed by atoms with Gasteiger partial charge in [-0.2, -0.15) is 4.98 Å². The molecule has 5 nitrogen and oxygen atoms in total. The Kier molecular flexibility index (Phi) is 5.64. The van der Waals surface area contributed by atoms with Crippen LogP contribution in [0.3, 0.4) is 0 Å². The number of hydrogen-bond donors (Lipinski definition) is 3. The number of aromatic nitrogens is 2. The highest BCUT2D eigenvalue weighted by Gasteiger charge is 2.20. The zero-order chi connectivity index (χ0) is 17.8. The van der Waals surface area contributed by atoms with Gasteiger partial charge in [0.15, 0.2) is 0 Å². The summed E-state index contributed by atoms with van der Waals surface area (Å²) < 4.78 is 0. The molecule has 0 aliphatic heterocycles. The van der Waals surface area contributed by atoms with Gasteiger partial charge in [-0.15, -0.1) is 0 Å². The van der Waals surface area contributed by atoms with E-state index in [4.69, 9.17) is 28.9 Å². The van der Waals surface area contributed by atoms with E-state index in [1.165, 1.54) is 0 Å². The maximum Gasteiger partial charge on any atom is 0.222 e. The van der Waals surface area contributed by atoms with Crippen LogP contribution in [0.5, 0.6) is 0 Å². The van der Waals surface area contributed by atoms with E-state index in [0.29, 0.717) is 21.4 Å². The summed E-state index contributed by atoms with van der Waals surface area (Å²) in [7, 11) is 0. The van der Waals surface area contributed by atoms with E-state index >= 15 is 0 Å². The second-order valence-corrected chi connectivity index (χ2v) is 6.83. The molecule has 1 aliphatic rings. The van der Waals surface area contributed by atoms with Crippen LogP contribution in [0.4, 0.5) is 11.8 Å². The first-order valence-electron chi connectivity index (χ1n) is 8.05. The third-order valence-corrected chi connectivity index (χ3v) is 4.85. The molecule has 0 saturated heterocycles. The molecule has 1 saturated carbocycles. The van der Waals surface area contributed by atoms with Gasteiger partial charge < -0.3 is 16.2 Å². The van der Waals surface area contributed by atoms with Crippen molar-refractivity contribution < 1.29 is 5.11 Å². The van der Waals surface area contributed by atoms with Crippen LogP contribution in [0.1, 0.15) is 36.8 Å². The fourth-order valence-corrected chi connectivity index (χ4v) is 3.02. The van der Waals surface area contributed by atoms with Crippen molar-refractivity contribution in [3.05, 3.63) is 45.6 Å². The standard InChI is InChI=1S/C18H18Cl2N4O/c19-15-8-2-11(9-16(15)20)1-3-12-10-22-18(21)24-17(12)23-13-4-6-14(25)7-5-13/h2,8-10,13-14,25H,4-7H2,(H3,21,22,23,24). The molecule has 7 heteroatoms. The van der Waals surface area contributed by atoms with Crippen LogP contribution in [0.15, 0.2) is 24.4 Å². The van der Waals surface area contributed by atoms with Crippen molar-refractivity contribution in [3.8, 4) is 11.8 Å². The third-order valence-electron chi connectivity index (χ3n) is 4.11. The Morgan fingerprint density at radius 2 is 1.88 bits per heavy atom. The zero-order valence-electron chi connectivity index (χ0n) is 13.5. The van der Waals surface area contributed by atoms with Gasteiger partial charge in [0.1, 0.15) is 5.82 Å². The number of hydrogen-bond acceptors (Lipinski definition) is 5. The summed E-state index contributed by atoms with van der Waals surface area (Å²) >= 11 is 11.9. The minimum absolute atomic E-state index is 0.193. The predicted octanol–water partition coefficient (Wildman–Crippen LogP) is 3.48. The summed E-state index contributed by atoms with van der Waals surface area (Å²) in [5.41, 5.74) is 7.12. The first-order chi connectivity index (χ1) is 12.0. The molecule has 1 aromatic carbocycles. The number of halogens is 2. The fourth-order valence-electron chi connectivity index (χ4n) is 2.72. The van der Waals surface area contributed by atoms with E-state index in [2.05, 4.69) is 27.1 Å². The molecule has 0 unspecified atom stereocenters. The van der Waals surface area contributed by atoms with E-state index < -0.39 is 0 Å². The number of aliphatic hydroxyl groups is 1. The number of nitrogens with two attached hydrogens (primary N) is 1. The minimum atomic E-state index is -0.206. The Morgan fingerprint density at radius 1 is 1.12 bits per heavy atom. The summed E-state index contributed by atoms with van der Waals surface area (Å²) in [6, 6.07) is 5.46. The molecule has 0 spiro atoms. The highest BCUT2D eigenvalue weighted by molar-refractivity contribution is 6.42. The van der Waals surface area contributed by atoms with Crippen molar-refractivity contribution in [2.45, 2.75) is 37.8 Å². The molecule has 0 radical (unpaired) electrons. The predicted molar refractivity (Wildman–Crippen MR) is 101 cm³/mol. The number of nitrogen functional groups attached to an aromatic ring is 1. The summed E-state index contributed by atoms with van der Waals surface area (Å²) in [4.78, 5) is 8.30. The average Bonchev–Trinajstić information content (AvgIpc) is 2.59. The van der Waals surface area contributed by atoms with Gasteiger partial charge in [0.2, 0.25) is 5.95 Å². The van der Waals surface area contributed by atoms with Crippen LogP contribution >= 0.6 is 23.2 Å². The second-order valence-electron chi connectivity index (χ2n) is 6.02. The largest absolute Gasteiger partial charge is 0.393 e. The molecule has 130 valence electrons. The van der Waals surface area contributed by atoms with Gasteiger partial charge in [-0.05, 0) is 43.9 Å². The number of benzene rings is 1. The van der Waals surface area contributed by atoms with Crippen LogP contribution in [-0.4, -0.2) is 27.2 Å². The molecule has 0 bridgehead atoms. The molecular formula is C18H18Cl2N4O. The van der Waals surface area contributed by atoms with E-state index in [-0.39, 0.29) is 18.1 Å². The first-order valence-corrected chi connectivity index (χ1v) is 8.81. The van der Waals surface area contributed by atoms with Crippen molar-refractivity contribution in [1.82, 2.24) is 9.97 Å². The lowest BCUT2D eigenvalue weighted by atomic mass is 9.93. The molecule has 4 N–H and O–H groups in total. The smallest absolute Gasteiger partial charge is 0.222 e. The summed E-state index contributed by atoms with van der Waals surface area (Å²) in [5, 5.41) is 14.0. The van der Waals surface area contributed by atoms with Gasteiger partial charge >= 0.3 is 0 Å². The molecule has 1 heterocycles. The van der Waals surface area contributed by atoms with Crippen molar-refractivity contribution in [1.29, 1.82) is 0 Å². The average molecular weight is 377 g/mol. The van der Waals surface area contributed by atoms with Crippen LogP contribution < -0.4 is 11.1 Å². The normalized spacial score (nSPS) is 19.8. The lowest BCUT2D eigenvalue weighted by Crippen LogP contribution is -2.29. The van der Waals surface area contributed by atoms with Crippen molar-refractivity contribution in [2.75, 3.05) is 11.1 Å². The lowest BCUT2D eigenvalue weighted by Gasteiger charge is -2.26. The van der Waals surface area contributed by atoms with Crippen molar-refractivity contribution >= 4 is 35.0 Å². The molecule has 1 fully saturated rings.